The lowest BCUT2D eigenvalue weighted by Gasteiger charge is -2.16. The molecule has 5 nitrogen and oxygen atoms in total. The Bertz CT molecular complexity index is 466. The Kier molecular flexibility index (Phi) is 2.77. The molecule has 3 rings (SSSR count). The second-order valence-corrected chi connectivity index (χ2v) is 5.20. The molecule has 5 heteroatoms. The molecule has 1 aliphatic heterocycles. The van der Waals surface area contributed by atoms with E-state index in [1.54, 1.807) is 0 Å². The molecular weight excluding hydrogens is 246 g/mol. The van der Waals surface area contributed by atoms with E-state index < -0.39 is 5.97 Å². The van der Waals surface area contributed by atoms with Gasteiger partial charge in [-0.3, -0.25) is 14.5 Å². The number of hydrogen-bond acceptors (Lipinski definition) is 4. The maximum Gasteiger partial charge on any atom is 0.330 e. The number of carbonyl (C=O) groups excluding carboxylic acids is 3. The third-order valence-corrected chi connectivity index (χ3v) is 4.29. The van der Waals surface area contributed by atoms with Crippen molar-refractivity contribution in [3.8, 4) is 0 Å². The third kappa shape index (κ3) is 1.72. The van der Waals surface area contributed by atoms with Crippen LogP contribution in [0.15, 0.2) is 24.8 Å². The first-order valence-electron chi connectivity index (χ1n) is 6.46. The Morgan fingerprint density at radius 1 is 1.32 bits per heavy atom. The maximum absolute atomic E-state index is 12.2. The Labute approximate surface area is 110 Å². The summed E-state index contributed by atoms with van der Waals surface area (Å²) >= 11 is 0. The minimum absolute atomic E-state index is 0.0323. The van der Waals surface area contributed by atoms with Crippen LogP contribution in [0.3, 0.4) is 0 Å². The molecular formula is C14H15NO4. The van der Waals surface area contributed by atoms with E-state index in [0.717, 1.165) is 12.5 Å². The molecule has 2 aliphatic carbocycles. The van der Waals surface area contributed by atoms with Crippen LogP contribution in [-0.4, -0.2) is 35.8 Å². The summed E-state index contributed by atoms with van der Waals surface area (Å²) in [6.45, 7) is 3.46. The summed E-state index contributed by atoms with van der Waals surface area (Å²) in [6, 6.07) is 0. The minimum atomic E-state index is -0.541. The number of nitrogens with zero attached hydrogens (tertiary/aromatic N) is 1. The van der Waals surface area contributed by atoms with Crippen molar-refractivity contribution in [3.63, 3.8) is 0 Å². The van der Waals surface area contributed by atoms with Gasteiger partial charge in [-0.15, -0.1) is 0 Å². The maximum atomic E-state index is 12.2. The lowest BCUT2D eigenvalue weighted by Crippen LogP contribution is -2.36. The zero-order valence-electron chi connectivity index (χ0n) is 10.5. The smallest absolute Gasteiger partial charge is 0.330 e. The summed E-state index contributed by atoms with van der Waals surface area (Å²) < 4.78 is 4.82. The number of hydrogen-bond donors (Lipinski definition) is 0. The molecule has 0 N–H and O–H groups in total. The number of fused-ring (bicyclic) bond motifs is 5. The summed E-state index contributed by atoms with van der Waals surface area (Å²) in [6.07, 6.45) is 6.09. The van der Waals surface area contributed by atoms with Gasteiger partial charge in [-0.1, -0.05) is 18.7 Å². The Morgan fingerprint density at radius 3 is 2.42 bits per heavy atom. The van der Waals surface area contributed by atoms with Crippen molar-refractivity contribution >= 4 is 17.8 Å². The second kappa shape index (κ2) is 4.33. The fourth-order valence-electron chi connectivity index (χ4n) is 3.48. The van der Waals surface area contributed by atoms with Crippen molar-refractivity contribution in [2.24, 2.45) is 23.7 Å². The molecule has 2 fully saturated rings. The van der Waals surface area contributed by atoms with E-state index in [-0.39, 0.29) is 48.6 Å². The molecule has 0 aromatic rings. The SMILES string of the molecule is C=CC(=O)OCCN1C(=O)[C@@H]2[C@H](C1=O)[C@H]1C=C[C@@H]2C1. The zero-order valence-corrected chi connectivity index (χ0v) is 10.5. The number of rotatable bonds is 4. The van der Waals surface area contributed by atoms with Crippen molar-refractivity contribution < 1.29 is 19.1 Å². The third-order valence-electron chi connectivity index (χ3n) is 4.29. The lowest BCUT2D eigenvalue weighted by atomic mass is 9.85. The molecule has 0 spiro atoms. The van der Waals surface area contributed by atoms with Crippen LogP contribution in [0.1, 0.15) is 6.42 Å². The summed E-state index contributed by atoms with van der Waals surface area (Å²) in [7, 11) is 0. The molecule has 2 amide bonds. The molecule has 0 aromatic heterocycles. The van der Waals surface area contributed by atoms with Gasteiger partial charge < -0.3 is 4.74 Å². The van der Waals surface area contributed by atoms with Gasteiger partial charge in [-0.2, -0.15) is 0 Å². The van der Waals surface area contributed by atoms with Crippen LogP contribution in [0.2, 0.25) is 0 Å². The highest BCUT2D eigenvalue weighted by Gasteiger charge is 2.58. The molecule has 1 saturated carbocycles. The van der Waals surface area contributed by atoms with Gasteiger partial charge in [0.1, 0.15) is 6.61 Å². The topological polar surface area (TPSA) is 63.7 Å². The fraction of sp³-hybridized carbons (Fsp3) is 0.500. The monoisotopic (exact) mass is 261 g/mol. The number of likely N-dealkylation sites (tertiary alicyclic amines) is 1. The van der Waals surface area contributed by atoms with E-state index in [0.29, 0.717) is 0 Å². The van der Waals surface area contributed by atoms with Gasteiger partial charge in [0.25, 0.3) is 0 Å². The van der Waals surface area contributed by atoms with Crippen LogP contribution in [-0.2, 0) is 19.1 Å². The van der Waals surface area contributed by atoms with Crippen LogP contribution in [0.4, 0.5) is 0 Å². The van der Waals surface area contributed by atoms with Gasteiger partial charge in [0.15, 0.2) is 0 Å². The lowest BCUT2D eigenvalue weighted by molar-refractivity contribution is -0.145. The Morgan fingerprint density at radius 2 is 1.89 bits per heavy atom. The van der Waals surface area contributed by atoms with Crippen molar-refractivity contribution in [1.82, 2.24) is 4.90 Å². The van der Waals surface area contributed by atoms with Crippen molar-refractivity contribution in [3.05, 3.63) is 24.8 Å². The van der Waals surface area contributed by atoms with E-state index in [9.17, 15) is 14.4 Å². The molecule has 0 radical (unpaired) electrons. The standard InChI is InChI=1S/C14H15NO4/c1-2-10(16)19-6-5-15-13(17)11-8-3-4-9(7-8)12(11)14(15)18/h2-4,8-9,11-12H,1,5-7H2/t8-,9+,11+,12-. The fourth-order valence-corrected chi connectivity index (χ4v) is 3.48. The highest BCUT2D eigenvalue weighted by molar-refractivity contribution is 6.06. The second-order valence-electron chi connectivity index (χ2n) is 5.20. The average Bonchev–Trinajstić information content (AvgIpc) is 3.07. The highest BCUT2D eigenvalue weighted by Crippen LogP contribution is 2.52. The van der Waals surface area contributed by atoms with Crippen LogP contribution >= 0.6 is 0 Å². The molecule has 4 atom stereocenters. The summed E-state index contributed by atoms with van der Waals surface area (Å²) in [5.74, 6) is -0.696. The van der Waals surface area contributed by atoms with E-state index in [2.05, 4.69) is 18.7 Å². The first-order valence-corrected chi connectivity index (χ1v) is 6.46. The molecule has 1 heterocycles. The van der Waals surface area contributed by atoms with Crippen LogP contribution < -0.4 is 0 Å². The molecule has 3 aliphatic rings. The summed E-state index contributed by atoms with van der Waals surface area (Å²) in [4.78, 5) is 36.7. The van der Waals surface area contributed by atoms with Crippen molar-refractivity contribution in [2.45, 2.75) is 6.42 Å². The number of allylic oxidation sites excluding steroid dienone is 2. The normalized spacial score (nSPS) is 34.8. The molecule has 1 saturated heterocycles. The predicted molar refractivity (Wildman–Crippen MR) is 65.6 cm³/mol. The Hall–Kier alpha value is -1.91. The van der Waals surface area contributed by atoms with Crippen LogP contribution in [0.25, 0.3) is 0 Å². The number of amides is 2. The summed E-state index contributed by atoms with van der Waals surface area (Å²) in [5.41, 5.74) is 0. The van der Waals surface area contributed by atoms with Crippen LogP contribution in [0.5, 0.6) is 0 Å². The number of esters is 1. The van der Waals surface area contributed by atoms with Crippen molar-refractivity contribution in [2.75, 3.05) is 13.2 Å². The van der Waals surface area contributed by atoms with Gasteiger partial charge >= 0.3 is 5.97 Å². The zero-order chi connectivity index (χ0) is 13.6. The quantitative estimate of drug-likeness (QED) is 0.320. The first kappa shape index (κ1) is 12.1. The molecule has 2 bridgehead atoms. The number of ether oxygens (including phenoxy) is 1. The summed E-state index contributed by atoms with van der Waals surface area (Å²) in [5, 5.41) is 0. The first-order chi connectivity index (χ1) is 9.13. The highest BCUT2D eigenvalue weighted by atomic mass is 16.5. The van der Waals surface area contributed by atoms with Gasteiger partial charge in [-0.05, 0) is 18.3 Å². The number of imide groups is 1. The van der Waals surface area contributed by atoms with Gasteiger partial charge in [0.2, 0.25) is 11.8 Å². The Balaban J connectivity index is 1.66. The van der Waals surface area contributed by atoms with Gasteiger partial charge in [-0.25, -0.2) is 4.79 Å². The van der Waals surface area contributed by atoms with E-state index in [1.165, 1.54) is 4.90 Å². The van der Waals surface area contributed by atoms with E-state index >= 15 is 0 Å². The predicted octanol–water partition coefficient (Wildman–Crippen LogP) is 0.523. The molecule has 100 valence electrons. The van der Waals surface area contributed by atoms with Gasteiger partial charge in [0.05, 0.1) is 18.4 Å². The van der Waals surface area contributed by atoms with Crippen molar-refractivity contribution in [1.29, 1.82) is 0 Å². The number of carbonyl (C=O) groups is 3. The molecule has 0 aromatic carbocycles. The molecule has 19 heavy (non-hydrogen) atoms. The molecule has 0 unspecified atom stereocenters. The van der Waals surface area contributed by atoms with E-state index in [1.807, 2.05) is 0 Å². The average molecular weight is 261 g/mol. The van der Waals surface area contributed by atoms with Gasteiger partial charge in [0, 0.05) is 6.08 Å². The minimum Gasteiger partial charge on any atom is -0.461 e. The largest absolute Gasteiger partial charge is 0.461 e. The van der Waals surface area contributed by atoms with E-state index in [4.69, 9.17) is 4.74 Å². The van der Waals surface area contributed by atoms with Crippen LogP contribution in [0, 0.1) is 23.7 Å².